The average Bonchev–Trinajstić information content (AvgIpc) is 3.73. The van der Waals surface area contributed by atoms with Gasteiger partial charge in [0.25, 0.3) is 0 Å². The van der Waals surface area contributed by atoms with E-state index in [2.05, 4.69) is 169 Å². The third-order valence-corrected chi connectivity index (χ3v) is 13.8. The molecule has 2 heteroatoms. The summed E-state index contributed by atoms with van der Waals surface area (Å²) in [6.45, 7) is 0. The molecular weight excluding hydrogens is 655 g/mol. The molecule has 5 aliphatic rings. The van der Waals surface area contributed by atoms with E-state index < -0.39 is 0 Å². The number of anilines is 3. The highest BCUT2D eigenvalue weighted by molar-refractivity contribution is 6.06. The van der Waals surface area contributed by atoms with Gasteiger partial charge >= 0.3 is 0 Å². The zero-order valence-corrected chi connectivity index (χ0v) is 30.3. The maximum absolute atomic E-state index is 6.55. The van der Waals surface area contributed by atoms with Crippen LogP contribution in [-0.4, -0.2) is 0 Å². The van der Waals surface area contributed by atoms with Crippen LogP contribution in [0.25, 0.3) is 55.3 Å². The van der Waals surface area contributed by atoms with Crippen LogP contribution in [0.3, 0.4) is 0 Å². The number of fused-ring (bicyclic) bond motifs is 6. The first-order valence-electron chi connectivity index (χ1n) is 19.9. The fourth-order valence-electron chi connectivity index (χ4n) is 11.9. The zero-order valence-electron chi connectivity index (χ0n) is 30.3. The first-order valence-corrected chi connectivity index (χ1v) is 19.9. The Balaban J connectivity index is 1.13. The summed E-state index contributed by atoms with van der Waals surface area (Å²) in [7, 11) is 0. The first-order chi connectivity index (χ1) is 26.7. The van der Waals surface area contributed by atoms with Gasteiger partial charge in [0.2, 0.25) is 0 Å². The predicted molar refractivity (Wildman–Crippen MR) is 223 cm³/mol. The number of nitrogens with zero attached hydrogens (tertiary/aromatic N) is 1. The smallest absolute Gasteiger partial charge is 0.137 e. The van der Waals surface area contributed by atoms with Gasteiger partial charge < -0.3 is 9.32 Å². The Morgan fingerprint density at radius 3 is 1.80 bits per heavy atom. The van der Waals surface area contributed by atoms with Gasteiger partial charge in [0.1, 0.15) is 11.2 Å². The fraction of sp³-hybridized carbons (Fsp3) is 0.192. The maximum Gasteiger partial charge on any atom is 0.137 e. The van der Waals surface area contributed by atoms with Gasteiger partial charge in [0, 0.05) is 39.2 Å². The molecule has 13 rings (SSSR count). The molecule has 0 saturated heterocycles. The lowest BCUT2D eigenvalue weighted by atomic mass is 9.43. The molecule has 54 heavy (non-hydrogen) atoms. The number of para-hydroxylation sites is 1. The highest BCUT2D eigenvalue weighted by Crippen LogP contribution is 2.70. The molecule has 2 nitrogen and oxygen atoms in total. The van der Waals surface area contributed by atoms with E-state index in [0.29, 0.717) is 11.8 Å². The van der Waals surface area contributed by atoms with Crippen LogP contribution in [0.1, 0.15) is 43.2 Å². The van der Waals surface area contributed by atoms with E-state index in [9.17, 15) is 0 Å². The molecule has 0 amide bonds. The minimum Gasteiger partial charge on any atom is -0.456 e. The number of rotatable bonds is 5. The Bertz CT molecular complexity index is 2690. The summed E-state index contributed by atoms with van der Waals surface area (Å²) >= 11 is 0. The molecule has 0 unspecified atom stereocenters. The Morgan fingerprint density at radius 2 is 1.04 bits per heavy atom. The minimum atomic E-state index is 0.0643. The van der Waals surface area contributed by atoms with E-state index in [-0.39, 0.29) is 5.41 Å². The van der Waals surface area contributed by atoms with Crippen LogP contribution in [0, 0.1) is 23.7 Å². The van der Waals surface area contributed by atoms with Crippen LogP contribution in [-0.2, 0) is 5.41 Å². The van der Waals surface area contributed by atoms with Crippen molar-refractivity contribution in [2.45, 2.75) is 37.5 Å². The summed E-state index contributed by atoms with van der Waals surface area (Å²) in [4.78, 5) is 2.51. The van der Waals surface area contributed by atoms with E-state index >= 15 is 0 Å². The minimum absolute atomic E-state index is 0.0643. The van der Waals surface area contributed by atoms with Gasteiger partial charge in [-0.1, -0.05) is 115 Å². The molecule has 1 aromatic heterocycles. The van der Waals surface area contributed by atoms with Crippen LogP contribution in [0.2, 0.25) is 0 Å². The number of hydrogen-bond donors (Lipinski definition) is 0. The summed E-state index contributed by atoms with van der Waals surface area (Å²) < 4.78 is 6.55. The van der Waals surface area contributed by atoms with E-state index in [1.54, 1.807) is 11.1 Å². The second kappa shape index (κ2) is 11.6. The molecule has 0 radical (unpaired) electrons. The van der Waals surface area contributed by atoms with Gasteiger partial charge in [0.15, 0.2) is 0 Å². The summed E-state index contributed by atoms with van der Waals surface area (Å²) in [5, 5.41) is 2.30. The van der Waals surface area contributed by atoms with Crippen molar-refractivity contribution >= 4 is 39.0 Å². The summed E-state index contributed by atoms with van der Waals surface area (Å²) in [5.74, 6) is 3.18. The second-order valence-electron chi connectivity index (χ2n) is 16.5. The van der Waals surface area contributed by atoms with Crippen molar-refractivity contribution in [1.82, 2.24) is 0 Å². The van der Waals surface area contributed by atoms with Crippen molar-refractivity contribution < 1.29 is 4.42 Å². The maximum atomic E-state index is 6.55. The quantitative estimate of drug-likeness (QED) is 0.178. The molecule has 0 atom stereocenters. The molecule has 8 aromatic rings. The Morgan fingerprint density at radius 1 is 0.426 bits per heavy atom. The van der Waals surface area contributed by atoms with E-state index in [1.807, 2.05) is 0 Å². The number of benzene rings is 7. The zero-order chi connectivity index (χ0) is 35.4. The summed E-state index contributed by atoms with van der Waals surface area (Å²) in [5.41, 5.74) is 16.3. The molecule has 5 aliphatic carbocycles. The SMILES string of the molecule is c1ccc(-c2ccc(N(c3ccc4c(c3)oc3ccccc34)c3cc4c(cc3-c3ccccc3)-c3ccccc3C43C4CC5CC(C4)CC3C5)cc2)cc1. The number of furan rings is 1. The van der Waals surface area contributed by atoms with Gasteiger partial charge in [-0.05, 0) is 137 Å². The third-order valence-electron chi connectivity index (χ3n) is 13.8. The highest BCUT2D eigenvalue weighted by Gasteiger charge is 2.61. The van der Waals surface area contributed by atoms with Crippen LogP contribution in [0.15, 0.2) is 168 Å². The van der Waals surface area contributed by atoms with Gasteiger partial charge in [-0.2, -0.15) is 0 Å². The lowest BCUT2D eigenvalue weighted by molar-refractivity contribution is -0.0399. The van der Waals surface area contributed by atoms with Gasteiger partial charge in [-0.25, -0.2) is 0 Å². The van der Waals surface area contributed by atoms with Gasteiger partial charge in [-0.3, -0.25) is 0 Å². The summed E-state index contributed by atoms with van der Waals surface area (Å²) in [6, 6.07) is 60.8. The van der Waals surface area contributed by atoms with E-state index in [1.165, 1.54) is 71.2 Å². The molecule has 4 fully saturated rings. The largest absolute Gasteiger partial charge is 0.456 e. The fourth-order valence-corrected chi connectivity index (χ4v) is 11.9. The van der Waals surface area contributed by atoms with Gasteiger partial charge in [-0.15, -0.1) is 0 Å². The van der Waals surface area contributed by atoms with Crippen LogP contribution < -0.4 is 4.90 Å². The van der Waals surface area contributed by atoms with E-state index in [4.69, 9.17) is 4.42 Å². The molecule has 0 N–H and O–H groups in total. The Kier molecular flexibility index (Phi) is 6.55. The molecular formula is C52H41NO. The Labute approximate surface area is 316 Å². The van der Waals surface area contributed by atoms with E-state index in [0.717, 1.165) is 45.1 Å². The van der Waals surface area contributed by atoms with Crippen molar-refractivity contribution in [3.05, 3.63) is 175 Å². The topological polar surface area (TPSA) is 16.4 Å². The molecule has 0 aliphatic heterocycles. The molecule has 4 saturated carbocycles. The standard InChI is InChI=1S/C52H41NO/c1-3-11-35(12-4-1)36-19-21-40(22-20-36)53(41-23-24-44-43-16-8-10-18-50(43)54-51(44)30-41)49-32-48-46(31-45(49)37-13-5-2-6-14-37)42-15-7-9-17-47(42)52(48)38-26-33-25-34(28-38)29-39(52)27-33/h1-24,30-34,38-39H,25-29H2. The van der Waals surface area contributed by atoms with Crippen molar-refractivity contribution in [3.8, 4) is 33.4 Å². The normalized spacial score (nSPS) is 23.3. The average molecular weight is 696 g/mol. The van der Waals surface area contributed by atoms with Crippen LogP contribution >= 0.6 is 0 Å². The lowest BCUT2D eigenvalue weighted by Gasteiger charge is -2.61. The first kappa shape index (κ1) is 30.6. The van der Waals surface area contributed by atoms with Crippen LogP contribution in [0.4, 0.5) is 17.1 Å². The molecule has 7 aromatic carbocycles. The molecule has 1 spiro atoms. The van der Waals surface area contributed by atoms with Crippen molar-refractivity contribution in [1.29, 1.82) is 0 Å². The Hall–Kier alpha value is -5.86. The van der Waals surface area contributed by atoms with Crippen molar-refractivity contribution in [2.24, 2.45) is 23.7 Å². The monoisotopic (exact) mass is 695 g/mol. The third kappa shape index (κ3) is 4.34. The summed E-state index contributed by atoms with van der Waals surface area (Å²) in [6.07, 6.45) is 6.91. The molecule has 260 valence electrons. The molecule has 1 heterocycles. The predicted octanol–water partition coefficient (Wildman–Crippen LogP) is 14.1. The molecule has 4 bridgehead atoms. The van der Waals surface area contributed by atoms with Crippen molar-refractivity contribution in [2.75, 3.05) is 4.90 Å². The second-order valence-corrected chi connectivity index (χ2v) is 16.5. The lowest BCUT2D eigenvalue weighted by Crippen LogP contribution is -2.55. The van der Waals surface area contributed by atoms with Gasteiger partial charge in [0.05, 0.1) is 5.69 Å². The highest BCUT2D eigenvalue weighted by atomic mass is 16.3. The number of hydrogen-bond acceptors (Lipinski definition) is 2. The van der Waals surface area contributed by atoms with Crippen LogP contribution in [0.5, 0.6) is 0 Å². The van der Waals surface area contributed by atoms with Crippen molar-refractivity contribution in [3.63, 3.8) is 0 Å².